The number of carbonyl (C=O) groups is 3. The summed E-state index contributed by atoms with van der Waals surface area (Å²) >= 11 is 0. The maximum Gasteiger partial charge on any atom is 0.234 e. The van der Waals surface area contributed by atoms with Crippen LogP contribution in [-0.2, 0) is 14.4 Å². The number of likely N-dealkylation sites (tertiary alicyclic amines) is 1. The molecule has 24 heavy (non-hydrogen) atoms. The Balaban J connectivity index is 1.81. The van der Waals surface area contributed by atoms with Gasteiger partial charge in [-0.1, -0.05) is 12.8 Å². The van der Waals surface area contributed by atoms with Crippen LogP contribution in [0.4, 0.5) is 5.69 Å². The maximum atomic E-state index is 12.6. The molecule has 3 amide bonds. The maximum absolute atomic E-state index is 12.6. The number of hydrogen-bond donors (Lipinski definition) is 0. The van der Waals surface area contributed by atoms with E-state index in [1.54, 1.807) is 31.4 Å². The third-order valence-electron chi connectivity index (χ3n) is 4.98. The van der Waals surface area contributed by atoms with E-state index < -0.39 is 0 Å². The zero-order chi connectivity index (χ0) is 17.3. The zero-order valence-corrected chi connectivity index (χ0v) is 14.0. The first-order valence-electron chi connectivity index (χ1n) is 8.30. The van der Waals surface area contributed by atoms with Gasteiger partial charge in [-0.25, -0.2) is 0 Å². The quantitative estimate of drug-likeness (QED) is 0.794. The number of amides is 3. The van der Waals surface area contributed by atoms with Crippen LogP contribution in [0.2, 0.25) is 0 Å². The summed E-state index contributed by atoms with van der Waals surface area (Å²) in [6, 6.07) is 6.99. The van der Waals surface area contributed by atoms with E-state index in [9.17, 15) is 14.4 Å². The van der Waals surface area contributed by atoms with Crippen molar-refractivity contribution in [3.05, 3.63) is 24.3 Å². The molecule has 0 radical (unpaired) electrons. The Morgan fingerprint density at radius 2 is 1.67 bits per heavy atom. The number of anilines is 1. The molecule has 6 nitrogen and oxygen atoms in total. The third kappa shape index (κ3) is 2.88. The number of nitrogens with zero attached hydrogens (tertiary/aromatic N) is 2. The van der Waals surface area contributed by atoms with E-state index in [-0.39, 0.29) is 36.2 Å². The summed E-state index contributed by atoms with van der Waals surface area (Å²) in [5, 5.41) is 0. The van der Waals surface area contributed by atoms with Crippen molar-refractivity contribution in [2.24, 2.45) is 11.8 Å². The smallest absolute Gasteiger partial charge is 0.234 e. The molecule has 0 unspecified atom stereocenters. The summed E-state index contributed by atoms with van der Waals surface area (Å²) in [6.45, 7) is 1.41. The Bertz CT molecular complexity index is 631. The Morgan fingerprint density at radius 1 is 1.12 bits per heavy atom. The van der Waals surface area contributed by atoms with Gasteiger partial charge in [0.25, 0.3) is 0 Å². The number of carbonyl (C=O) groups excluding carboxylic acids is 3. The zero-order valence-electron chi connectivity index (χ0n) is 14.0. The van der Waals surface area contributed by atoms with E-state index in [0.29, 0.717) is 11.4 Å². The van der Waals surface area contributed by atoms with Crippen molar-refractivity contribution in [2.75, 3.05) is 18.7 Å². The average molecular weight is 330 g/mol. The van der Waals surface area contributed by atoms with Gasteiger partial charge in [0.05, 0.1) is 18.9 Å². The fourth-order valence-electron chi connectivity index (χ4n) is 3.64. The van der Waals surface area contributed by atoms with Crippen molar-refractivity contribution in [3.63, 3.8) is 0 Å². The standard InChI is InChI=1S/C18H22N2O4/c1-12(21)19(13-7-9-14(24-2)10-8-13)11-20-17(22)15-5-3-4-6-16(15)18(20)23/h7-10,15-16H,3-6,11H2,1-2H3/t15-,16+. The highest BCUT2D eigenvalue weighted by molar-refractivity contribution is 6.06. The second-order valence-electron chi connectivity index (χ2n) is 6.39. The molecule has 2 aliphatic rings. The van der Waals surface area contributed by atoms with E-state index >= 15 is 0 Å². The van der Waals surface area contributed by atoms with Gasteiger partial charge in [0.2, 0.25) is 17.7 Å². The van der Waals surface area contributed by atoms with Crippen LogP contribution in [0.3, 0.4) is 0 Å². The molecule has 1 heterocycles. The first-order valence-corrected chi connectivity index (χ1v) is 8.30. The number of methoxy groups -OCH3 is 1. The molecule has 1 aliphatic heterocycles. The van der Waals surface area contributed by atoms with Crippen molar-refractivity contribution < 1.29 is 19.1 Å². The summed E-state index contributed by atoms with van der Waals surface area (Å²) in [7, 11) is 1.57. The highest BCUT2D eigenvalue weighted by Crippen LogP contribution is 2.38. The van der Waals surface area contributed by atoms with E-state index in [0.717, 1.165) is 25.7 Å². The van der Waals surface area contributed by atoms with Crippen molar-refractivity contribution in [1.29, 1.82) is 0 Å². The number of ether oxygens (including phenoxy) is 1. The lowest BCUT2D eigenvalue weighted by Gasteiger charge is -2.26. The largest absolute Gasteiger partial charge is 0.497 e. The van der Waals surface area contributed by atoms with E-state index in [1.165, 1.54) is 16.7 Å². The van der Waals surface area contributed by atoms with Crippen LogP contribution in [0.5, 0.6) is 5.75 Å². The van der Waals surface area contributed by atoms with Gasteiger partial charge in [-0.05, 0) is 37.1 Å². The molecule has 0 N–H and O–H groups in total. The van der Waals surface area contributed by atoms with E-state index in [1.807, 2.05) is 0 Å². The van der Waals surface area contributed by atoms with Gasteiger partial charge in [0, 0.05) is 12.6 Å². The molecule has 1 aromatic rings. The van der Waals surface area contributed by atoms with Gasteiger partial charge in [0.15, 0.2) is 0 Å². The lowest BCUT2D eigenvalue weighted by molar-refractivity contribution is -0.140. The van der Waals surface area contributed by atoms with E-state index in [2.05, 4.69) is 0 Å². The fourth-order valence-corrected chi connectivity index (χ4v) is 3.64. The minimum Gasteiger partial charge on any atom is -0.497 e. The Hall–Kier alpha value is -2.37. The summed E-state index contributed by atoms with van der Waals surface area (Å²) in [5.41, 5.74) is 0.638. The van der Waals surface area contributed by atoms with E-state index in [4.69, 9.17) is 4.74 Å². The first-order chi connectivity index (χ1) is 11.5. The molecule has 0 spiro atoms. The summed E-state index contributed by atoms with van der Waals surface area (Å²) in [5.74, 6) is -0.196. The fraction of sp³-hybridized carbons (Fsp3) is 0.500. The molecule has 1 aromatic carbocycles. The van der Waals surface area contributed by atoms with Gasteiger partial charge >= 0.3 is 0 Å². The molecule has 2 atom stereocenters. The number of imide groups is 1. The molecule has 1 saturated heterocycles. The molecular formula is C18H22N2O4. The topological polar surface area (TPSA) is 66.9 Å². The number of benzene rings is 1. The van der Waals surface area contributed by atoms with Gasteiger partial charge in [-0.3, -0.25) is 24.2 Å². The molecule has 0 aromatic heterocycles. The van der Waals surface area contributed by atoms with Crippen LogP contribution >= 0.6 is 0 Å². The molecular weight excluding hydrogens is 308 g/mol. The molecule has 128 valence electrons. The lowest BCUT2D eigenvalue weighted by atomic mass is 9.81. The first kappa shape index (κ1) is 16.5. The molecule has 3 rings (SSSR count). The Morgan fingerprint density at radius 3 is 2.12 bits per heavy atom. The predicted molar refractivity (Wildman–Crippen MR) is 88.3 cm³/mol. The Kier molecular flexibility index (Phi) is 4.55. The molecule has 0 bridgehead atoms. The minimum absolute atomic E-state index is 0.0215. The number of fused-ring (bicyclic) bond motifs is 1. The molecule has 2 fully saturated rings. The van der Waals surface area contributed by atoms with Crippen molar-refractivity contribution in [1.82, 2.24) is 4.90 Å². The highest BCUT2D eigenvalue weighted by Gasteiger charge is 2.48. The molecule has 1 aliphatic carbocycles. The number of hydrogen-bond acceptors (Lipinski definition) is 4. The Labute approximate surface area is 141 Å². The van der Waals surface area contributed by atoms with Gasteiger partial charge in [-0.15, -0.1) is 0 Å². The highest BCUT2D eigenvalue weighted by atomic mass is 16.5. The predicted octanol–water partition coefficient (Wildman–Crippen LogP) is 2.18. The average Bonchev–Trinajstić information content (AvgIpc) is 2.84. The van der Waals surface area contributed by atoms with Crippen LogP contribution in [0, 0.1) is 11.8 Å². The molecule has 1 saturated carbocycles. The van der Waals surface area contributed by atoms with Crippen LogP contribution in [0.15, 0.2) is 24.3 Å². The summed E-state index contributed by atoms with van der Waals surface area (Å²) in [4.78, 5) is 39.9. The monoisotopic (exact) mass is 330 g/mol. The van der Waals surface area contributed by atoms with Gasteiger partial charge < -0.3 is 4.74 Å². The minimum atomic E-state index is -0.212. The summed E-state index contributed by atoms with van der Waals surface area (Å²) < 4.78 is 5.12. The second kappa shape index (κ2) is 6.63. The van der Waals surface area contributed by atoms with Crippen molar-refractivity contribution in [3.8, 4) is 5.75 Å². The summed E-state index contributed by atoms with van der Waals surface area (Å²) in [6.07, 6.45) is 3.52. The van der Waals surface area contributed by atoms with Gasteiger partial charge in [-0.2, -0.15) is 0 Å². The van der Waals surface area contributed by atoms with Crippen molar-refractivity contribution >= 4 is 23.4 Å². The molecule has 6 heteroatoms. The van der Waals surface area contributed by atoms with Gasteiger partial charge in [0.1, 0.15) is 12.4 Å². The van der Waals surface area contributed by atoms with Crippen molar-refractivity contribution in [2.45, 2.75) is 32.6 Å². The van der Waals surface area contributed by atoms with Crippen LogP contribution in [0.25, 0.3) is 0 Å². The second-order valence-corrected chi connectivity index (χ2v) is 6.39. The normalized spacial score (nSPS) is 23.2. The van der Waals surface area contributed by atoms with Crippen LogP contribution in [-0.4, -0.2) is 36.4 Å². The van der Waals surface area contributed by atoms with Crippen LogP contribution < -0.4 is 9.64 Å². The SMILES string of the molecule is COc1ccc(N(CN2C(=O)[C@H]3CCCC[C@H]3C2=O)C(C)=O)cc1. The third-order valence-corrected chi connectivity index (χ3v) is 4.98. The van der Waals surface area contributed by atoms with Crippen LogP contribution in [0.1, 0.15) is 32.6 Å². The lowest BCUT2D eigenvalue weighted by Crippen LogP contribution is -2.44. The number of rotatable bonds is 4.